The van der Waals surface area contributed by atoms with Crippen LogP contribution < -0.4 is 0 Å². The van der Waals surface area contributed by atoms with Crippen molar-refractivity contribution in [1.29, 1.82) is 0 Å². The van der Waals surface area contributed by atoms with Crippen molar-refractivity contribution in [2.75, 3.05) is 13.7 Å². The van der Waals surface area contributed by atoms with E-state index in [-0.39, 0.29) is 18.7 Å². The first-order valence-corrected chi connectivity index (χ1v) is 11.8. The van der Waals surface area contributed by atoms with Gasteiger partial charge in [-0.1, -0.05) is 30.3 Å². The summed E-state index contributed by atoms with van der Waals surface area (Å²) in [6, 6.07) is 11.6. The van der Waals surface area contributed by atoms with Gasteiger partial charge in [0.05, 0.1) is 0 Å². The third-order valence-corrected chi connectivity index (χ3v) is 7.06. The number of rotatable bonds is 8. The summed E-state index contributed by atoms with van der Waals surface area (Å²) in [5, 5.41) is 1.43. The monoisotopic (exact) mass is 458 g/mol. The molecule has 0 spiro atoms. The molecule has 0 N–H and O–H groups in total. The summed E-state index contributed by atoms with van der Waals surface area (Å²) in [7, 11) is 1.75. The second-order valence-electron chi connectivity index (χ2n) is 9.25. The van der Waals surface area contributed by atoms with Gasteiger partial charge in [0.15, 0.2) is 17.5 Å². The summed E-state index contributed by atoms with van der Waals surface area (Å²) in [6.45, 7) is 0.829. The van der Waals surface area contributed by atoms with Gasteiger partial charge in [0.1, 0.15) is 5.82 Å². The van der Waals surface area contributed by atoms with E-state index in [1.54, 1.807) is 13.2 Å². The number of aryl methyl sites for hydroxylation is 2. The lowest BCUT2D eigenvalue weighted by atomic mass is 9.77. The molecule has 0 radical (unpaired) electrons. The Bertz CT molecular complexity index is 1080. The summed E-state index contributed by atoms with van der Waals surface area (Å²) < 4.78 is 60.3. The van der Waals surface area contributed by atoms with E-state index in [9.17, 15) is 13.2 Å². The number of fused-ring (bicyclic) bond motifs is 1. The molecule has 0 unspecified atom stereocenters. The lowest BCUT2D eigenvalue weighted by molar-refractivity contribution is 0.180. The van der Waals surface area contributed by atoms with E-state index in [1.165, 1.54) is 24.8 Å². The van der Waals surface area contributed by atoms with E-state index < -0.39 is 17.5 Å². The van der Waals surface area contributed by atoms with E-state index in [4.69, 9.17) is 4.74 Å². The minimum Gasteiger partial charge on any atom is -0.385 e. The molecule has 33 heavy (non-hydrogen) atoms. The number of ether oxygens (including phenoxy) is 1. The van der Waals surface area contributed by atoms with Crippen molar-refractivity contribution in [3.8, 4) is 0 Å². The molecule has 1 nitrogen and oxygen atoms in total. The van der Waals surface area contributed by atoms with Gasteiger partial charge in [-0.2, -0.15) is 0 Å². The lowest BCUT2D eigenvalue weighted by Crippen LogP contribution is -2.14. The third kappa shape index (κ3) is 5.57. The van der Waals surface area contributed by atoms with Crippen LogP contribution in [0.4, 0.5) is 17.6 Å². The summed E-state index contributed by atoms with van der Waals surface area (Å²) in [6.07, 6.45) is 7.62. The predicted molar refractivity (Wildman–Crippen MR) is 123 cm³/mol. The van der Waals surface area contributed by atoms with Crippen molar-refractivity contribution in [3.63, 3.8) is 0 Å². The molecule has 0 bridgehead atoms. The van der Waals surface area contributed by atoms with E-state index in [1.807, 2.05) is 18.2 Å². The van der Waals surface area contributed by atoms with Crippen LogP contribution in [0.2, 0.25) is 0 Å². The van der Waals surface area contributed by atoms with Crippen LogP contribution in [0.1, 0.15) is 61.1 Å². The standard InChI is InChI=1S/C28H30F4O/c1-33-14-2-3-18-4-7-20(8-5-18)22-12-13-24-23(17-22)11-10-21(27(24)31)9-6-19-15-25(29)28(32)26(30)16-19/h10-13,15-18,20H,2-9,14H2,1H3. The minimum absolute atomic E-state index is 0.224. The highest BCUT2D eigenvalue weighted by molar-refractivity contribution is 5.84. The Morgan fingerprint density at radius 1 is 0.818 bits per heavy atom. The highest BCUT2D eigenvalue weighted by Crippen LogP contribution is 2.38. The zero-order chi connectivity index (χ0) is 23.4. The molecule has 0 aliphatic heterocycles. The van der Waals surface area contributed by atoms with Crippen LogP contribution in [0.25, 0.3) is 10.8 Å². The average Bonchev–Trinajstić information content (AvgIpc) is 2.82. The molecule has 0 saturated heterocycles. The maximum Gasteiger partial charge on any atom is 0.194 e. The van der Waals surface area contributed by atoms with Gasteiger partial charge in [-0.05, 0) is 97.4 Å². The molecule has 1 aliphatic carbocycles. The smallest absolute Gasteiger partial charge is 0.194 e. The van der Waals surface area contributed by atoms with Gasteiger partial charge < -0.3 is 4.74 Å². The van der Waals surface area contributed by atoms with Crippen molar-refractivity contribution in [2.45, 2.75) is 57.3 Å². The van der Waals surface area contributed by atoms with E-state index in [0.717, 1.165) is 49.3 Å². The molecule has 1 saturated carbocycles. The van der Waals surface area contributed by atoms with Gasteiger partial charge >= 0.3 is 0 Å². The lowest BCUT2D eigenvalue weighted by Gasteiger charge is -2.29. The summed E-state index contributed by atoms with van der Waals surface area (Å²) in [4.78, 5) is 0. The third-order valence-electron chi connectivity index (χ3n) is 7.06. The van der Waals surface area contributed by atoms with Crippen molar-refractivity contribution in [1.82, 2.24) is 0 Å². The Labute approximate surface area is 192 Å². The van der Waals surface area contributed by atoms with E-state index in [0.29, 0.717) is 22.4 Å². The fourth-order valence-electron chi connectivity index (χ4n) is 5.13. The Kier molecular flexibility index (Phi) is 7.69. The van der Waals surface area contributed by atoms with Crippen molar-refractivity contribution < 1.29 is 22.3 Å². The van der Waals surface area contributed by atoms with Crippen molar-refractivity contribution >= 4 is 10.8 Å². The summed E-state index contributed by atoms with van der Waals surface area (Å²) in [5.74, 6) is -2.94. The van der Waals surface area contributed by atoms with Crippen molar-refractivity contribution in [2.24, 2.45) is 5.92 Å². The zero-order valence-electron chi connectivity index (χ0n) is 19.0. The Hall–Kier alpha value is -2.40. The molecule has 1 aliphatic rings. The molecule has 3 aromatic rings. The molecule has 4 rings (SSSR count). The van der Waals surface area contributed by atoms with Gasteiger partial charge in [-0.25, -0.2) is 17.6 Å². The van der Waals surface area contributed by atoms with E-state index in [2.05, 4.69) is 6.07 Å². The van der Waals surface area contributed by atoms with Gasteiger partial charge in [0.25, 0.3) is 0 Å². The van der Waals surface area contributed by atoms with Crippen LogP contribution in [-0.4, -0.2) is 13.7 Å². The largest absolute Gasteiger partial charge is 0.385 e. The second kappa shape index (κ2) is 10.7. The van der Waals surface area contributed by atoms with Crippen LogP contribution in [0, 0.1) is 29.2 Å². The van der Waals surface area contributed by atoms with Gasteiger partial charge in [0.2, 0.25) is 0 Å². The molecule has 3 aromatic carbocycles. The Balaban J connectivity index is 1.42. The zero-order valence-corrected chi connectivity index (χ0v) is 19.0. The highest BCUT2D eigenvalue weighted by atomic mass is 19.2. The number of methoxy groups -OCH3 is 1. The maximum atomic E-state index is 15.1. The van der Waals surface area contributed by atoms with Crippen LogP contribution in [0.5, 0.6) is 0 Å². The number of hydrogen-bond donors (Lipinski definition) is 0. The molecule has 1 fully saturated rings. The first-order valence-electron chi connectivity index (χ1n) is 11.8. The molecule has 176 valence electrons. The molecule has 0 atom stereocenters. The number of benzene rings is 3. The molecular weight excluding hydrogens is 428 g/mol. The summed E-state index contributed by atoms with van der Waals surface area (Å²) in [5.41, 5.74) is 2.05. The van der Waals surface area contributed by atoms with Crippen molar-refractivity contribution in [3.05, 3.63) is 82.4 Å². The van der Waals surface area contributed by atoms with Crippen LogP contribution in [0.15, 0.2) is 42.5 Å². The average molecular weight is 459 g/mol. The topological polar surface area (TPSA) is 9.23 Å². The molecule has 5 heteroatoms. The van der Waals surface area contributed by atoms with Gasteiger partial charge in [-0.15, -0.1) is 0 Å². The van der Waals surface area contributed by atoms with Gasteiger partial charge in [-0.3, -0.25) is 0 Å². The fourth-order valence-corrected chi connectivity index (χ4v) is 5.13. The van der Waals surface area contributed by atoms with E-state index >= 15 is 4.39 Å². The first-order chi connectivity index (χ1) is 16.0. The Morgan fingerprint density at radius 3 is 2.24 bits per heavy atom. The maximum absolute atomic E-state index is 15.1. The second-order valence-corrected chi connectivity index (χ2v) is 9.25. The first kappa shape index (κ1) is 23.7. The van der Waals surface area contributed by atoms with Gasteiger partial charge in [0, 0.05) is 19.1 Å². The minimum atomic E-state index is -1.48. The van der Waals surface area contributed by atoms with Crippen LogP contribution in [-0.2, 0) is 17.6 Å². The quantitative estimate of drug-likeness (QED) is 0.189. The highest BCUT2D eigenvalue weighted by Gasteiger charge is 2.22. The molecule has 0 amide bonds. The Morgan fingerprint density at radius 2 is 1.55 bits per heavy atom. The predicted octanol–water partition coefficient (Wildman–Crippen LogP) is 7.88. The SMILES string of the molecule is COCCCC1CCC(c2ccc3c(F)c(CCc4cc(F)c(F)c(F)c4)ccc3c2)CC1. The van der Waals surface area contributed by atoms with Crippen LogP contribution in [0.3, 0.4) is 0 Å². The fraction of sp³-hybridized carbons (Fsp3) is 0.429. The summed E-state index contributed by atoms with van der Waals surface area (Å²) >= 11 is 0. The molecule has 0 aromatic heterocycles. The molecule has 0 heterocycles. The number of halogens is 4. The normalized spacial score (nSPS) is 18.7. The molecular formula is C28H30F4O. The van der Waals surface area contributed by atoms with Crippen LogP contribution >= 0.6 is 0 Å². The number of hydrogen-bond acceptors (Lipinski definition) is 1.